The fourth-order valence-electron chi connectivity index (χ4n) is 3.89. The molecule has 31 heavy (non-hydrogen) atoms. The lowest BCUT2D eigenvalue weighted by Gasteiger charge is -2.32. The van der Waals surface area contributed by atoms with Gasteiger partial charge in [-0.25, -0.2) is 8.42 Å². The van der Waals surface area contributed by atoms with Gasteiger partial charge in [-0.05, 0) is 36.6 Å². The van der Waals surface area contributed by atoms with Crippen molar-refractivity contribution in [1.29, 1.82) is 0 Å². The zero-order valence-electron chi connectivity index (χ0n) is 18.1. The third-order valence-corrected chi connectivity index (χ3v) is 8.22. The number of likely N-dealkylation sites (tertiary alicyclic amines) is 1. The van der Waals surface area contributed by atoms with E-state index in [1.165, 1.54) is 22.0 Å². The Kier molecular flexibility index (Phi) is 8.11. The average Bonchev–Trinajstić information content (AvgIpc) is 2.76. The molecule has 1 N–H and O–H groups in total. The maximum absolute atomic E-state index is 12.9. The van der Waals surface area contributed by atoms with Crippen molar-refractivity contribution in [3.63, 3.8) is 0 Å². The SMILES string of the molecule is CCN(CC)S(=O)(=O)c1cc(C(=O)NC2CCN(Cc3ccccc3)CC2)ccc1Cl. The van der Waals surface area contributed by atoms with Crippen molar-refractivity contribution >= 4 is 27.5 Å². The predicted molar refractivity (Wildman–Crippen MR) is 124 cm³/mol. The number of nitrogens with one attached hydrogen (secondary N) is 1. The Bertz CT molecular complexity index is 986. The number of hydrogen-bond acceptors (Lipinski definition) is 4. The third-order valence-electron chi connectivity index (χ3n) is 5.69. The van der Waals surface area contributed by atoms with Gasteiger partial charge in [-0.3, -0.25) is 9.69 Å². The van der Waals surface area contributed by atoms with E-state index in [4.69, 9.17) is 11.6 Å². The molecule has 1 amide bonds. The van der Waals surface area contributed by atoms with Gasteiger partial charge in [-0.15, -0.1) is 0 Å². The van der Waals surface area contributed by atoms with Gasteiger partial charge in [0.15, 0.2) is 0 Å². The number of benzene rings is 2. The summed E-state index contributed by atoms with van der Waals surface area (Å²) < 4.78 is 27.1. The number of piperidine rings is 1. The van der Waals surface area contributed by atoms with Crippen LogP contribution in [0, 0.1) is 0 Å². The normalized spacial score (nSPS) is 15.9. The number of sulfonamides is 1. The summed E-state index contributed by atoms with van der Waals surface area (Å²) >= 11 is 6.17. The molecule has 2 aromatic rings. The second kappa shape index (κ2) is 10.6. The average molecular weight is 464 g/mol. The van der Waals surface area contributed by atoms with Crippen LogP contribution in [0.2, 0.25) is 5.02 Å². The molecule has 0 atom stereocenters. The Balaban J connectivity index is 1.62. The summed E-state index contributed by atoms with van der Waals surface area (Å²) in [6.45, 7) is 6.95. The maximum Gasteiger partial charge on any atom is 0.251 e. The van der Waals surface area contributed by atoms with Crippen molar-refractivity contribution in [3.8, 4) is 0 Å². The minimum atomic E-state index is -3.74. The molecule has 6 nitrogen and oxygen atoms in total. The first-order chi connectivity index (χ1) is 14.8. The van der Waals surface area contributed by atoms with E-state index in [0.29, 0.717) is 18.7 Å². The third kappa shape index (κ3) is 5.86. The molecule has 1 saturated heterocycles. The van der Waals surface area contributed by atoms with Crippen LogP contribution in [0.3, 0.4) is 0 Å². The molecule has 0 aliphatic carbocycles. The molecular formula is C23H30ClN3O3S. The van der Waals surface area contributed by atoms with Gasteiger partial charge in [0.1, 0.15) is 4.90 Å². The highest BCUT2D eigenvalue weighted by Crippen LogP contribution is 2.26. The van der Waals surface area contributed by atoms with E-state index in [2.05, 4.69) is 22.3 Å². The molecule has 1 aliphatic rings. The molecule has 1 fully saturated rings. The Morgan fingerprint density at radius 2 is 1.74 bits per heavy atom. The van der Waals surface area contributed by atoms with Crippen LogP contribution >= 0.6 is 11.6 Å². The van der Waals surface area contributed by atoms with Crippen molar-refractivity contribution in [1.82, 2.24) is 14.5 Å². The molecule has 0 aromatic heterocycles. The van der Waals surface area contributed by atoms with Crippen LogP contribution in [-0.2, 0) is 16.6 Å². The fraction of sp³-hybridized carbons (Fsp3) is 0.435. The van der Waals surface area contributed by atoms with Crippen molar-refractivity contribution in [2.45, 2.75) is 44.2 Å². The van der Waals surface area contributed by atoms with Crippen molar-refractivity contribution in [2.75, 3.05) is 26.2 Å². The van der Waals surface area contributed by atoms with Gasteiger partial charge in [-0.1, -0.05) is 55.8 Å². The fourth-order valence-corrected chi connectivity index (χ4v) is 5.85. The molecule has 0 spiro atoms. The lowest BCUT2D eigenvalue weighted by Crippen LogP contribution is -2.44. The van der Waals surface area contributed by atoms with Gasteiger partial charge in [0.2, 0.25) is 10.0 Å². The number of hydrogen-bond donors (Lipinski definition) is 1. The Labute approximate surface area is 190 Å². The van der Waals surface area contributed by atoms with E-state index in [1.807, 2.05) is 18.2 Å². The van der Waals surface area contributed by atoms with Crippen molar-refractivity contribution in [2.24, 2.45) is 0 Å². The molecule has 168 valence electrons. The first-order valence-electron chi connectivity index (χ1n) is 10.7. The lowest BCUT2D eigenvalue weighted by atomic mass is 10.0. The first-order valence-corrected chi connectivity index (χ1v) is 12.5. The van der Waals surface area contributed by atoms with Crippen molar-refractivity contribution in [3.05, 3.63) is 64.7 Å². The molecule has 2 aromatic carbocycles. The number of carbonyl (C=O) groups excluding carboxylic acids is 1. The van der Waals surface area contributed by atoms with E-state index < -0.39 is 10.0 Å². The summed E-state index contributed by atoms with van der Waals surface area (Å²) in [5, 5.41) is 3.18. The number of amides is 1. The van der Waals surface area contributed by atoms with E-state index in [0.717, 1.165) is 32.5 Å². The first kappa shape index (κ1) is 23.7. The van der Waals surface area contributed by atoms with Crippen molar-refractivity contribution < 1.29 is 13.2 Å². The molecule has 3 rings (SSSR count). The zero-order chi connectivity index (χ0) is 22.4. The van der Waals surface area contributed by atoms with Crippen LogP contribution in [0.1, 0.15) is 42.6 Å². The standard InChI is InChI=1S/C23H30ClN3O3S/c1-3-27(4-2)31(29,30)22-16-19(10-11-21(22)24)23(28)25-20-12-14-26(15-13-20)17-18-8-6-5-7-9-18/h5-11,16,20H,3-4,12-15,17H2,1-2H3,(H,25,28). The largest absolute Gasteiger partial charge is 0.349 e. The van der Waals surface area contributed by atoms with Gasteiger partial charge in [0.25, 0.3) is 5.91 Å². The lowest BCUT2D eigenvalue weighted by molar-refractivity contribution is 0.0908. The van der Waals surface area contributed by atoms with Crippen LogP contribution in [0.25, 0.3) is 0 Å². The highest BCUT2D eigenvalue weighted by molar-refractivity contribution is 7.89. The van der Waals surface area contributed by atoms with Crippen LogP contribution < -0.4 is 5.32 Å². The summed E-state index contributed by atoms with van der Waals surface area (Å²) in [6.07, 6.45) is 1.72. The molecule has 0 saturated carbocycles. The zero-order valence-corrected chi connectivity index (χ0v) is 19.6. The molecule has 1 heterocycles. The molecule has 0 bridgehead atoms. The smallest absolute Gasteiger partial charge is 0.251 e. The minimum Gasteiger partial charge on any atom is -0.349 e. The second-order valence-electron chi connectivity index (χ2n) is 7.74. The highest BCUT2D eigenvalue weighted by Gasteiger charge is 2.26. The molecular weight excluding hydrogens is 434 g/mol. The van der Waals surface area contributed by atoms with E-state index in [9.17, 15) is 13.2 Å². The number of nitrogens with zero attached hydrogens (tertiary/aromatic N) is 2. The summed E-state index contributed by atoms with van der Waals surface area (Å²) in [5.41, 5.74) is 1.59. The quantitative estimate of drug-likeness (QED) is 0.647. The molecule has 1 aliphatic heterocycles. The second-order valence-corrected chi connectivity index (χ2v) is 10.1. The van der Waals surface area contributed by atoms with E-state index in [1.54, 1.807) is 19.9 Å². The summed E-state index contributed by atoms with van der Waals surface area (Å²) in [7, 11) is -3.74. The van der Waals surface area contributed by atoms with Gasteiger partial charge < -0.3 is 5.32 Å². The van der Waals surface area contributed by atoms with Crippen LogP contribution in [0.4, 0.5) is 0 Å². The van der Waals surface area contributed by atoms with Crippen LogP contribution in [-0.4, -0.2) is 55.8 Å². The van der Waals surface area contributed by atoms with Gasteiger partial charge in [-0.2, -0.15) is 4.31 Å². The summed E-state index contributed by atoms with van der Waals surface area (Å²) in [5.74, 6) is -0.269. The summed E-state index contributed by atoms with van der Waals surface area (Å²) in [6, 6.07) is 14.9. The molecule has 8 heteroatoms. The predicted octanol–water partition coefficient (Wildman–Crippen LogP) is 3.76. The highest BCUT2D eigenvalue weighted by atomic mass is 35.5. The van der Waals surface area contributed by atoms with Gasteiger partial charge in [0, 0.05) is 44.3 Å². The molecule has 0 unspecified atom stereocenters. The van der Waals surface area contributed by atoms with Gasteiger partial charge >= 0.3 is 0 Å². The number of rotatable bonds is 8. The minimum absolute atomic E-state index is 0.0248. The molecule has 0 radical (unpaired) electrons. The van der Waals surface area contributed by atoms with E-state index in [-0.39, 0.29) is 21.9 Å². The Morgan fingerprint density at radius 3 is 2.35 bits per heavy atom. The maximum atomic E-state index is 12.9. The number of halogens is 1. The van der Waals surface area contributed by atoms with E-state index >= 15 is 0 Å². The van der Waals surface area contributed by atoms with Gasteiger partial charge in [0.05, 0.1) is 5.02 Å². The number of carbonyl (C=O) groups is 1. The topological polar surface area (TPSA) is 69.7 Å². The monoisotopic (exact) mass is 463 g/mol. The Morgan fingerprint density at radius 1 is 1.10 bits per heavy atom. The Hall–Kier alpha value is -1.93. The van der Waals surface area contributed by atoms with Crippen LogP contribution in [0.5, 0.6) is 0 Å². The van der Waals surface area contributed by atoms with Crippen LogP contribution in [0.15, 0.2) is 53.4 Å². The summed E-state index contributed by atoms with van der Waals surface area (Å²) in [4.78, 5) is 15.2.